The third kappa shape index (κ3) is 3.97. The van der Waals surface area contributed by atoms with Gasteiger partial charge >= 0.3 is 10.2 Å². The van der Waals surface area contributed by atoms with Crippen molar-refractivity contribution in [3.63, 3.8) is 0 Å². The molecule has 5 rings (SSSR count). The van der Waals surface area contributed by atoms with Crippen molar-refractivity contribution in [1.82, 2.24) is 24.2 Å². The van der Waals surface area contributed by atoms with E-state index in [1.165, 1.54) is 35.0 Å². The Hall–Kier alpha value is -3.90. The van der Waals surface area contributed by atoms with Crippen molar-refractivity contribution in [2.75, 3.05) is 23.5 Å². The second-order valence-corrected chi connectivity index (χ2v) is 9.53. The minimum absolute atomic E-state index is 0.185. The summed E-state index contributed by atoms with van der Waals surface area (Å²) in [6, 6.07) is 7.30. The first-order valence-corrected chi connectivity index (χ1v) is 11.9. The summed E-state index contributed by atoms with van der Waals surface area (Å²) in [7, 11) is -3.91. The summed E-state index contributed by atoms with van der Waals surface area (Å²) in [5.74, 6) is -1.28. The number of H-pyrrole nitrogens is 1. The molecule has 1 saturated heterocycles. The van der Waals surface area contributed by atoms with Gasteiger partial charge in [0.05, 0.1) is 16.9 Å². The second-order valence-electron chi connectivity index (χ2n) is 7.86. The van der Waals surface area contributed by atoms with E-state index in [0.29, 0.717) is 35.4 Å². The van der Waals surface area contributed by atoms with E-state index in [2.05, 4.69) is 24.7 Å². The van der Waals surface area contributed by atoms with Crippen LogP contribution >= 0.6 is 0 Å². The van der Waals surface area contributed by atoms with Crippen LogP contribution in [0.5, 0.6) is 0 Å². The summed E-state index contributed by atoms with van der Waals surface area (Å²) in [6.45, 7) is 0.746. The van der Waals surface area contributed by atoms with Gasteiger partial charge in [0.25, 0.3) is 0 Å². The summed E-state index contributed by atoms with van der Waals surface area (Å²) in [5.41, 5.74) is 6.92. The number of anilines is 2. The zero-order chi connectivity index (χ0) is 23.9. The number of carbonyl (C=O) groups excluding carboxylic acids is 1. The highest BCUT2D eigenvalue weighted by atomic mass is 32.2. The van der Waals surface area contributed by atoms with Gasteiger partial charge in [0.1, 0.15) is 17.8 Å². The lowest BCUT2D eigenvalue weighted by Gasteiger charge is -2.17. The Balaban J connectivity index is 1.50. The van der Waals surface area contributed by atoms with Gasteiger partial charge in [-0.25, -0.2) is 19.3 Å². The lowest BCUT2D eigenvalue weighted by molar-refractivity contribution is 0.103. The quantitative estimate of drug-likeness (QED) is 0.359. The number of nitrogens with zero attached hydrogens (tertiary/aromatic N) is 4. The molecule has 174 valence electrons. The Bertz CT molecular complexity index is 1510. The average Bonchev–Trinajstić information content (AvgIpc) is 3.50. The molecule has 3 aromatic heterocycles. The number of nitrogen functional groups attached to an aromatic ring is 1. The van der Waals surface area contributed by atoms with Crippen LogP contribution in [-0.2, 0) is 10.2 Å². The lowest BCUT2D eigenvalue weighted by Crippen LogP contribution is -2.33. The Morgan fingerprint density at radius 2 is 1.91 bits per heavy atom. The molecule has 1 fully saturated rings. The van der Waals surface area contributed by atoms with Crippen molar-refractivity contribution in [3.8, 4) is 11.3 Å². The van der Waals surface area contributed by atoms with E-state index in [-0.39, 0.29) is 22.6 Å². The third-order valence-corrected chi connectivity index (χ3v) is 7.17. The van der Waals surface area contributed by atoms with Gasteiger partial charge in [0, 0.05) is 48.1 Å². The van der Waals surface area contributed by atoms with E-state index in [1.807, 2.05) is 0 Å². The minimum atomic E-state index is -3.91. The molecule has 0 atom stereocenters. The van der Waals surface area contributed by atoms with Crippen molar-refractivity contribution in [1.29, 1.82) is 0 Å². The van der Waals surface area contributed by atoms with Gasteiger partial charge in [-0.05, 0) is 31.0 Å². The minimum Gasteiger partial charge on any atom is -0.384 e. The molecule has 0 amide bonds. The number of fused-ring (bicyclic) bond motifs is 1. The maximum Gasteiger partial charge on any atom is 0.301 e. The number of ketones is 1. The number of halogens is 1. The number of hydrogen-bond donors (Lipinski definition) is 3. The number of benzene rings is 1. The SMILES string of the molecule is Nc1cc(-c2cnc3[nH]cc(C(=O)c4cccc(NS(=O)(=O)N5CCCC5)c4F)c3c2)ncn1. The molecular formula is C22H20FN7O3S. The number of rotatable bonds is 6. The molecule has 1 aliphatic rings. The van der Waals surface area contributed by atoms with E-state index in [0.717, 1.165) is 12.8 Å². The monoisotopic (exact) mass is 481 g/mol. The molecule has 4 aromatic rings. The van der Waals surface area contributed by atoms with Crippen molar-refractivity contribution in [2.24, 2.45) is 0 Å². The van der Waals surface area contributed by atoms with Crippen LogP contribution < -0.4 is 10.5 Å². The highest BCUT2D eigenvalue weighted by molar-refractivity contribution is 7.90. The highest BCUT2D eigenvalue weighted by Gasteiger charge is 2.27. The molecule has 12 heteroatoms. The molecule has 1 aromatic carbocycles. The maximum absolute atomic E-state index is 15.3. The summed E-state index contributed by atoms with van der Waals surface area (Å²) in [5, 5.41) is 0.460. The van der Waals surface area contributed by atoms with Crippen LogP contribution in [0.2, 0.25) is 0 Å². The molecule has 34 heavy (non-hydrogen) atoms. The molecule has 0 radical (unpaired) electrons. The first-order chi connectivity index (χ1) is 16.3. The lowest BCUT2D eigenvalue weighted by atomic mass is 10.0. The average molecular weight is 482 g/mol. The Labute approximate surface area is 194 Å². The Morgan fingerprint density at radius 3 is 2.68 bits per heavy atom. The smallest absolute Gasteiger partial charge is 0.301 e. The number of aromatic amines is 1. The van der Waals surface area contributed by atoms with Crippen molar-refractivity contribution < 1.29 is 17.6 Å². The molecule has 0 saturated carbocycles. The molecular weight excluding hydrogens is 461 g/mol. The molecule has 4 N–H and O–H groups in total. The number of hydrogen-bond acceptors (Lipinski definition) is 7. The van der Waals surface area contributed by atoms with Crippen LogP contribution in [-0.4, -0.2) is 51.5 Å². The largest absolute Gasteiger partial charge is 0.384 e. The fourth-order valence-corrected chi connectivity index (χ4v) is 5.23. The number of aromatic nitrogens is 4. The summed E-state index contributed by atoms with van der Waals surface area (Å²) in [4.78, 5) is 28.6. The topological polar surface area (TPSA) is 147 Å². The van der Waals surface area contributed by atoms with E-state index >= 15 is 4.39 Å². The van der Waals surface area contributed by atoms with E-state index < -0.39 is 21.8 Å². The van der Waals surface area contributed by atoms with Gasteiger partial charge in [-0.2, -0.15) is 12.7 Å². The van der Waals surface area contributed by atoms with Gasteiger partial charge in [-0.15, -0.1) is 0 Å². The van der Waals surface area contributed by atoms with Crippen LogP contribution in [0.15, 0.2) is 49.1 Å². The number of nitrogens with one attached hydrogen (secondary N) is 2. The Kier molecular flexibility index (Phi) is 5.46. The first kappa shape index (κ1) is 21.9. The molecule has 4 heterocycles. The molecule has 1 aliphatic heterocycles. The fraction of sp³-hybridized carbons (Fsp3) is 0.182. The summed E-state index contributed by atoms with van der Waals surface area (Å²) < 4.78 is 44.0. The zero-order valence-electron chi connectivity index (χ0n) is 17.8. The second kappa shape index (κ2) is 8.47. The van der Waals surface area contributed by atoms with Gasteiger partial charge < -0.3 is 10.7 Å². The normalized spacial score (nSPS) is 14.5. The van der Waals surface area contributed by atoms with Gasteiger partial charge in [-0.1, -0.05) is 6.07 Å². The molecule has 0 bridgehead atoms. The van der Waals surface area contributed by atoms with Crippen LogP contribution in [0.1, 0.15) is 28.8 Å². The fourth-order valence-electron chi connectivity index (χ4n) is 3.92. The third-order valence-electron chi connectivity index (χ3n) is 5.65. The predicted molar refractivity (Wildman–Crippen MR) is 125 cm³/mol. The first-order valence-electron chi connectivity index (χ1n) is 10.5. The van der Waals surface area contributed by atoms with E-state index in [1.54, 1.807) is 18.3 Å². The number of carbonyl (C=O) groups is 1. The Morgan fingerprint density at radius 1 is 1.12 bits per heavy atom. The molecule has 10 nitrogen and oxygen atoms in total. The number of nitrogens with two attached hydrogens (primary N) is 1. The standard InChI is InChI=1S/C22H20FN7O3S/c23-20-14(4-3-5-17(20)29-34(32,33)30-6-1-2-7-30)21(31)16-11-26-22-15(16)8-13(10-25-22)18-9-19(24)28-12-27-18/h3-5,8-12,29H,1-2,6-7H2,(H,25,26)(H2,24,27,28). The van der Waals surface area contributed by atoms with E-state index in [9.17, 15) is 13.2 Å². The zero-order valence-corrected chi connectivity index (χ0v) is 18.6. The highest BCUT2D eigenvalue weighted by Crippen LogP contribution is 2.28. The number of pyridine rings is 1. The van der Waals surface area contributed by atoms with Crippen LogP contribution in [0.3, 0.4) is 0 Å². The van der Waals surface area contributed by atoms with E-state index in [4.69, 9.17) is 5.73 Å². The van der Waals surface area contributed by atoms with Gasteiger partial charge in [-0.3, -0.25) is 9.52 Å². The van der Waals surface area contributed by atoms with Crippen molar-refractivity contribution in [2.45, 2.75) is 12.8 Å². The maximum atomic E-state index is 15.3. The van der Waals surface area contributed by atoms with Crippen molar-refractivity contribution >= 4 is 38.5 Å². The van der Waals surface area contributed by atoms with Gasteiger partial charge in [0.15, 0.2) is 11.6 Å². The van der Waals surface area contributed by atoms with Crippen LogP contribution in [0.25, 0.3) is 22.3 Å². The van der Waals surface area contributed by atoms with Crippen LogP contribution in [0, 0.1) is 5.82 Å². The predicted octanol–water partition coefficient (Wildman–Crippen LogP) is 2.72. The van der Waals surface area contributed by atoms with Crippen molar-refractivity contribution in [3.05, 3.63) is 66.0 Å². The summed E-state index contributed by atoms with van der Waals surface area (Å²) in [6.07, 6.45) is 5.84. The summed E-state index contributed by atoms with van der Waals surface area (Å²) >= 11 is 0. The van der Waals surface area contributed by atoms with Crippen LogP contribution in [0.4, 0.5) is 15.9 Å². The molecule has 0 spiro atoms. The molecule has 0 unspecified atom stereocenters. The van der Waals surface area contributed by atoms with Gasteiger partial charge in [0.2, 0.25) is 0 Å². The molecule has 0 aliphatic carbocycles.